The highest BCUT2D eigenvalue weighted by Crippen LogP contribution is 2.41. The zero-order chi connectivity index (χ0) is 14.9. The molecule has 3 heterocycles. The van der Waals surface area contributed by atoms with Crippen molar-refractivity contribution in [3.05, 3.63) is 28.8 Å². The summed E-state index contributed by atoms with van der Waals surface area (Å²) >= 11 is 5.19. The van der Waals surface area contributed by atoms with E-state index in [0.717, 1.165) is 32.4 Å². The highest BCUT2D eigenvalue weighted by Gasteiger charge is 2.23. The molecule has 0 amide bonds. The van der Waals surface area contributed by atoms with E-state index < -0.39 is 0 Å². The number of ether oxygens (including phenoxy) is 2. The zero-order valence-corrected chi connectivity index (χ0v) is 14.3. The first-order chi connectivity index (χ1) is 10.8. The number of aromatic nitrogens is 2. The monoisotopic (exact) mass is 351 g/mol. The highest BCUT2D eigenvalue weighted by atomic mass is 32.2. The van der Waals surface area contributed by atoms with Crippen LogP contribution < -0.4 is 9.47 Å². The average molecular weight is 351 g/mol. The van der Waals surface area contributed by atoms with Gasteiger partial charge < -0.3 is 9.47 Å². The Morgan fingerprint density at radius 1 is 1.27 bits per heavy atom. The third-order valence-corrected chi connectivity index (χ3v) is 6.50. The van der Waals surface area contributed by atoms with Gasteiger partial charge in [-0.3, -0.25) is 4.99 Å². The molecule has 0 aliphatic carbocycles. The Morgan fingerprint density at radius 2 is 2.18 bits per heavy atom. The van der Waals surface area contributed by atoms with Crippen molar-refractivity contribution in [3.63, 3.8) is 0 Å². The van der Waals surface area contributed by atoms with E-state index >= 15 is 0 Å². The number of aliphatic imine (C=N–C) groups is 1. The predicted molar refractivity (Wildman–Crippen MR) is 90.6 cm³/mol. The summed E-state index contributed by atoms with van der Waals surface area (Å²) in [6.45, 7) is 2.28. The molecule has 1 atom stereocenters. The van der Waals surface area contributed by atoms with Crippen LogP contribution in [-0.4, -0.2) is 34.2 Å². The molecule has 8 heteroatoms. The van der Waals surface area contributed by atoms with E-state index in [2.05, 4.69) is 16.3 Å². The average Bonchev–Trinajstić information content (AvgIpc) is 3.24. The van der Waals surface area contributed by atoms with Gasteiger partial charge in [0.25, 0.3) is 0 Å². The van der Waals surface area contributed by atoms with Crippen molar-refractivity contribution >= 4 is 40.6 Å². The number of benzene rings is 1. The lowest BCUT2D eigenvalue weighted by Crippen LogP contribution is -2.00. The lowest BCUT2D eigenvalue weighted by Gasteiger charge is -2.07. The molecule has 4 rings (SSSR count). The summed E-state index contributed by atoms with van der Waals surface area (Å²) in [7, 11) is 0. The summed E-state index contributed by atoms with van der Waals surface area (Å²) in [6, 6.07) is 6.07. The van der Waals surface area contributed by atoms with Crippen LogP contribution in [0.5, 0.6) is 11.5 Å². The van der Waals surface area contributed by atoms with Crippen LogP contribution in [0, 0.1) is 6.92 Å². The van der Waals surface area contributed by atoms with Crippen molar-refractivity contribution in [3.8, 4) is 11.5 Å². The van der Waals surface area contributed by atoms with E-state index in [-0.39, 0.29) is 5.37 Å². The SMILES string of the molecule is Cc1nnc(SCC2=NC(c3ccc4c(c3)OCO4)SC2)s1. The molecule has 114 valence electrons. The Hall–Kier alpha value is -1.25. The zero-order valence-electron chi connectivity index (χ0n) is 11.8. The maximum absolute atomic E-state index is 5.44. The number of hydrogen-bond donors (Lipinski definition) is 0. The summed E-state index contributed by atoms with van der Waals surface area (Å²) in [6.07, 6.45) is 0. The number of hydrogen-bond acceptors (Lipinski definition) is 8. The van der Waals surface area contributed by atoms with Crippen molar-refractivity contribution in [1.82, 2.24) is 10.2 Å². The van der Waals surface area contributed by atoms with Crippen LogP contribution in [0.1, 0.15) is 15.9 Å². The molecular weight excluding hydrogens is 338 g/mol. The molecule has 0 N–H and O–H groups in total. The van der Waals surface area contributed by atoms with Crippen molar-refractivity contribution in [2.24, 2.45) is 4.99 Å². The molecule has 5 nitrogen and oxygen atoms in total. The first-order valence-electron chi connectivity index (χ1n) is 6.77. The van der Waals surface area contributed by atoms with Crippen LogP contribution in [0.4, 0.5) is 0 Å². The minimum Gasteiger partial charge on any atom is -0.454 e. The maximum atomic E-state index is 5.44. The predicted octanol–water partition coefficient (Wildman–Crippen LogP) is 3.55. The molecule has 0 bridgehead atoms. The van der Waals surface area contributed by atoms with Gasteiger partial charge in [-0.25, -0.2) is 0 Å². The molecule has 2 aliphatic rings. The van der Waals surface area contributed by atoms with Gasteiger partial charge in [0.15, 0.2) is 15.8 Å². The summed E-state index contributed by atoms with van der Waals surface area (Å²) in [5.41, 5.74) is 2.38. The van der Waals surface area contributed by atoms with Gasteiger partial charge in [0.2, 0.25) is 6.79 Å². The van der Waals surface area contributed by atoms with E-state index in [1.54, 1.807) is 23.1 Å². The van der Waals surface area contributed by atoms with Crippen LogP contribution in [0.25, 0.3) is 0 Å². The molecule has 0 radical (unpaired) electrons. The molecule has 0 fully saturated rings. The number of thioether (sulfide) groups is 2. The standard InChI is InChI=1S/C14H13N3O2S3/c1-8-16-17-14(22-8)21-6-10-5-20-13(15-10)9-2-3-11-12(4-9)19-7-18-11/h2-4,13H,5-7H2,1H3. The summed E-state index contributed by atoms with van der Waals surface area (Å²) in [5.74, 6) is 3.48. The van der Waals surface area contributed by atoms with Gasteiger partial charge in [0, 0.05) is 17.2 Å². The molecule has 0 spiro atoms. The Morgan fingerprint density at radius 3 is 3.05 bits per heavy atom. The molecule has 0 saturated heterocycles. The molecular formula is C14H13N3O2S3. The number of fused-ring (bicyclic) bond motifs is 1. The summed E-state index contributed by atoms with van der Waals surface area (Å²) in [4.78, 5) is 4.82. The third-order valence-electron chi connectivity index (χ3n) is 3.26. The van der Waals surface area contributed by atoms with Crippen molar-refractivity contribution < 1.29 is 9.47 Å². The third kappa shape index (κ3) is 2.95. The lowest BCUT2D eigenvalue weighted by atomic mass is 10.2. The first-order valence-corrected chi connectivity index (χ1v) is 9.62. The van der Waals surface area contributed by atoms with E-state index in [4.69, 9.17) is 14.5 Å². The molecule has 1 unspecified atom stereocenters. The van der Waals surface area contributed by atoms with Gasteiger partial charge in [-0.1, -0.05) is 29.2 Å². The van der Waals surface area contributed by atoms with Crippen LogP contribution in [0.15, 0.2) is 27.5 Å². The number of rotatable bonds is 4. The normalized spacial score (nSPS) is 19.5. The molecule has 22 heavy (non-hydrogen) atoms. The second kappa shape index (κ2) is 6.10. The quantitative estimate of drug-likeness (QED) is 0.785. The molecule has 2 aliphatic heterocycles. The van der Waals surface area contributed by atoms with Crippen molar-refractivity contribution in [2.45, 2.75) is 16.6 Å². The Balaban J connectivity index is 1.43. The Bertz CT molecular complexity index is 732. The van der Waals surface area contributed by atoms with Gasteiger partial charge >= 0.3 is 0 Å². The van der Waals surface area contributed by atoms with Crippen LogP contribution in [-0.2, 0) is 0 Å². The van der Waals surface area contributed by atoms with E-state index in [9.17, 15) is 0 Å². The largest absolute Gasteiger partial charge is 0.454 e. The Labute approximate surface area is 140 Å². The second-order valence-electron chi connectivity index (χ2n) is 4.85. The molecule has 2 aromatic rings. The topological polar surface area (TPSA) is 56.6 Å². The van der Waals surface area contributed by atoms with Gasteiger partial charge in [0.1, 0.15) is 10.4 Å². The van der Waals surface area contributed by atoms with Gasteiger partial charge in [0.05, 0.1) is 0 Å². The smallest absolute Gasteiger partial charge is 0.231 e. The fourth-order valence-electron chi connectivity index (χ4n) is 2.21. The fraction of sp³-hybridized carbons (Fsp3) is 0.357. The minimum absolute atomic E-state index is 0.154. The number of nitrogens with zero attached hydrogens (tertiary/aromatic N) is 3. The van der Waals surface area contributed by atoms with Crippen LogP contribution in [0.3, 0.4) is 0 Å². The van der Waals surface area contributed by atoms with E-state index in [1.165, 1.54) is 11.3 Å². The first kappa shape index (κ1) is 14.3. The van der Waals surface area contributed by atoms with Crippen molar-refractivity contribution in [1.29, 1.82) is 0 Å². The van der Waals surface area contributed by atoms with Crippen LogP contribution >= 0.6 is 34.9 Å². The van der Waals surface area contributed by atoms with Crippen LogP contribution in [0.2, 0.25) is 0 Å². The molecule has 0 saturated carbocycles. The highest BCUT2D eigenvalue weighted by molar-refractivity contribution is 8.02. The van der Waals surface area contributed by atoms with Crippen molar-refractivity contribution in [2.75, 3.05) is 18.3 Å². The summed E-state index contributed by atoms with van der Waals surface area (Å²) in [5, 5.41) is 9.32. The minimum atomic E-state index is 0.154. The van der Waals surface area contributed by atoms with Gasteiger partial charge in [-0.05, 0) is 24.6 Å². The lowest BCUT2D eigenvalue weighted by molar-refractivity contribution is 0.174. The maximum Gasteiger partial charge on any atom is 0.231 e. The van der Waals surface area contributed by atoms with E-state index in [0.29, 0.717) is 6.79 Å². The van der Waals surface area contributed by atoms with Gasteiger partial charge in [-0.2, -0.15) is 0 Å². The van der Waals surface area contributed by atoms with Gasteiger partial charge in [-0.15, -0.1) is 22.0 Å². The Kier molecular flexibility index (Phi) is 3.98. The fourth-order valence-corrected chi connectivity index (χ4v) is 5.19. The molecule has 1 aromatic heterocycles. The summed E-state index contributed by atoms with van der Waals surface area (Å²) < 4.78 is 11.8. The number of aryl methyl sites for hydroxylation is 1. The second-order valence-corrected chi connectivity index (χ2v) is 8.32. The van der Waals surface area contributed by atoms with E-state index in [1.807, 2.05) is 30.8 Å². The molecule has 1 aromatic carbocycles.